The van der Waals surface area contributed by atoms with E-state index in [1.807, 2.05) is 0 Å². The average molecular weight is 379 g/mol. The molecule has 3 N–H and O–H groups in total. The Morgan fingerprint density at radius 1 is 1.26 bits per heavy atom. The first-order valence-corrected chi connectivity index (χ1v) is 8.55. The fraction of sp³-hybridized carbons (Fsp3) is 0.444. The van der Waals surface area contributed by atoms with Crippen molar-refractivity contribution in [1.29, 1.82) is 0 Å². The molecule has 0 spiro atoms. The van der Waals surface area contributed by atoms with E-state index >= 15 is 0 Å². The molecule has 0 aliphatic carbocycles. The number of carbonyl (C=O) groups is 4. The molecular formula is C18H22FN3O5. The molecule has 1 fully saturated rings. The molecule has 0 unspecified atom stereocenters. The van der Waals surface area contributed by atoms with E-state index in [1.54, 1.807) is 13.8 Å². The van der Waals surface area contributed by atoms with Crippen LogP contribution in [0.2, 0.25) is 0 Å². The van der Waals surface area contributed by atoms with E-state index in [4.69, 9.17) is 5.11 Å². The van der Waals surface area contributed by atoms with Gasteiger partial charge in [0.25, 0.3) is 0 Å². The number of nitrogens with one attached hydrogen (secondary N) is 2. The van der Waals surface area contributed by atoms with Crippen molar-refractivity contribution in [3.8, 4) is 0 Å². The first-order chi connectivity index (χ1) is 12.7. The lowest BCUT2D eigenvalue weighted by atomic mass is 10.0. The van der Waals surface area contributed by atoms with Crippen LogP contribution >= 0.6 is 0 Å². The highest BCUT2D eigenvalue weighted by atomic mass is 19.1. The summed E-state index contributed by atoms with van der Waals surface area (Å²) in [5, 5.41) is 13.5. The highest BCUT2D eigenvalue weighted by Gasteiger charge is 2.37. The van der Waals surface area contributed by atoms with Crippen LogP contribution in [0.5, 0.6) is 0 Å². The first-order valence-electron chi connectivity index (χ1n) is 8.55. The molecule has 1 aromatic rings. The smallest absolute Gasteiger partial charge is 0.322 e. The van der Waals surface area contributed by atoms with Gasteiger partial charge in [-0.15, -0.1) is 0 Å². The summed E-state index contributed by atoms with van der Waals surface area (Å²) in [5.74, 6) is -3.86. The van der Waals surface area contributed by atoms with Crippen LogP contribution in [0.4, 0.5) is 10.1 Å². The monoisotopic (exact) mass is 379 g/mol. The predicted octanol–water partition coefficient (Wildman–Crippen LogP) is 0.520. The summed E-state index contributed by atoms with van der Waals surface area (Å²) in [6.45, 7) is 3.02. The highest BCUT2D eigenvalue weighted by molar-refractivity contribution is 6.01. The fourth-order valence-electron chi connectivity index (χ4n) is 2.83. The zero-order valence-electron chi connectivity index (χ0n) is 15.1. The van der Waals surface area contributed by atoms with Crippen LogP contribution in [0.1, 0.15) is 20.3 Å². The minimum Gasteiger partial charge on any atom is -0.480 e. The summed E-state index contributed by atoms with van der Waals surface area (Å²) in [6.07, 6.45) is -0.0230. The van der Waals surface area contributed by atoms with E-state index in [-0.39, 0.29) is 24.8 Å². The van der Waals surface area contributed by atoms with Crippen LogP contribution in [0, 0.1) is 17.7 Å². The standard InChI is InChI=1S/C18H22FN3O5/c1-10(2)16(18(27)20-8-15(24)25)21-17(26)11-7-14(23)22(9-11)13-5-3-12(19)4-6-13/h3-6,10-11,16H,7-9H2,1-2H3,(H,20,27)(H,21,26)(H,24,25)/t11-,16-/m0/s1. The van der Waals surface area contributed by atoms with E-state index in [1.165, 1.54) is 29.2 Å². The summed E-state index contributed by atoms with van der Waals surface area (Å²) >= 11 is 0. The molecule has 1 heterocycles. The second kappa shape index (κ2) is 8.61. The number of carboxylic acids is 1. The molecule has 1 aliphatic rings. The van der Waals surface area contributed by atoms with Crippen molar-refractivity contribution in [2.24, 2.45) is 11.8 Å². The number of benzene rings is 1. The predicted molar refractivity (Wildman–Crippen MR) is 94.3 cm³/mol. The van der Waals surface area contributed by atoms with Crippen molar-refractivity contribution in [2.45, 2.75) is 26.3 Å². The van der Waals surface area contributed by atoms with Crippen LogP contribution in [0.3, 0.4) is 0 Å². The molecule has 8 nitrogen and oxygen atoms in total. The number of aliphatic carboxylic acids is 1. The van der Waals surface area contributed by atoms with Gasteiger partial charge in [-0.25, -0.2) is 4.39 Å². The summed E-state index contributed by atoms with van der Waals surface area (Å²) in [6, 6.07) is 4.48. The van der Waals surface area contributed by atoms with Crippen LogP contribution < -0.4 is 15.5 Å². The molecule has 0 radical (unpaired) electrons. The minimum absolute atomic E-state index is 0.0230. The molecule has 2 rings (SSSR count). The molecule has 9 heteroatoms. The number of halogens is 1. The van der Waals surface area contributed by atoms with Crippen LogP contribution in [0.25, 0.3) is 0 Å². The van der Waals surface area contributed by atoms with Crippen LogP contribution in [0.15, 0.2) is 24.3 Å². The normalized spacial score (nSPS) is 17.7. The number of amides is 3. The Kier molecular flexibility index (Phi) is 6.49. The molecule has 1 aromatic carbocycles. The number of hydrogen-bond acceptors (Lipinski definition) is 4. The van der Waals surface area contributed by atoms with Crippen LogP contribution in [-0.2, 0) is 19.2 Å². The number of nitrogens with zero attached hydrogens (tertiary/aromatic N) is 1. The van der Waals surface area contributed by atoms with Gasteiger partial charge in [-0.2, -0.15) is 0 Å². The van der Waals surface area contributed by atoms with Crippen molar-refractivity contribution in [1.82, 2.24) is 10.6 Å². The number of anilines is 1. The van der Waals surface area contributed by atoms with Gasteiger partial charge in [0.15, 0.2) is 0 Å². The number of carbonyl (C=O) groups excluding carboxylic acids is 3. The van der Waals surface area contributed by atoms with Crippen LogP contribution in [-0.4, -0.2) is 47.9 Å². The molecule has 2 atom stereocenters. The quantitative estimate of drug-likeness (QED) is 0.639. The lowest BCUT2D eigenvalue weighted by Gasteiger charge is -2.23. The molecule has 1 saturated heterocycles. The first kappa shape index (κ1) is 20.3. The maximum atomic E-state index is 13.0. The third-order valence-electron chi connectivity index (χ3n) is 4.29. The molecule has 146 valence electrons. The second-order valence-electron chi connectivity index (χ2n) is 6.72. The molecule has 0 aromatic heterocycles. The van der Waals surface area contributed by atoms with Crippen molar-refractivity contribution in [2.75, 3.05) is 18.0 Å². The van der Waals surface area contributed by atoms with Crippen molar-refractivity contribution in [3.05, 3.63) is 30.1 Å². The number of hydrogen-bond donors (Lipinski definition) is 3. The number of carboxylic acid groups (broad SMARTS) is 1. The third kappa shape index (κ3) is 5.25. The summed E-state index contributed by atoms with van der Waals surface area (Å²) < 4.78 is 13.0. The Bertz CT molecular complexity index is 735. The molecule has 0 saturated carbocycles. The fourth-order valence-corrected chi connectivity index (χ4v) is 2.83. The Balaban J connectivity index is 2.01. The van der Waals surface area contributed by atoms with Crippen molar-refractivity contribution in [3.63, 3.8) is 0 Å². The molecule has 3 amide bonds. The van der Waals surface area contributed by atoms with Gasteiger partial charge in [0.05, 0.1) is 5.92 Å². The minimum atomic E-state index is -1.19. The Hall–Kier alpha value is -2.97. The van der Waals surface area contributed by atoms with Gasteiger partial charge in [-0.3, -0.25) is 19.2 Å². The Morgan fingerprint density at radius 2 is 1.89 bits per heavy atom. The van der Waals surface area contributed by atoms with E-state index in [2.05, 4.69) is 10.6 Å². The maximum Gasteiger partial charge on any atom is 0.322 e. The van der Waals surface area contributed by atoms with Gasteiger partial charge in [0, 0.05) is 18.7 Å². The molecular weight excluding hydrogens is 357 g/mol. The van der Waals surface area contributed by atoms with Crippen molar-refractivity contribution < 1.29 is 28.7 Å². The van der Waals surface area contributed by atoms with Gasteiger partial charge in [-0.05, 0) is 30.2 Å². The topological polar surface area (TPSA) is 116 Å². The zero-order valence-corrected chi connectivity index (χ0v) is 15.1. The number of rotatable bonds is 7. The van der Waals surface area contributed by atoms with Gasteiger partial charge in [-0.1, -0.05) is 13.8 Å². The lowest BCUT2D eigenvalue weighted by Crippen LogP contribution is -2.52. The lowest BCUT2D eigenvalue weighted by molar-refractivity contribution is -0.138. The summed E-state index contributed by atoms with van der Waals surface area (Å²) in [5.41, 5.74) is 0.497. The van der Waals surface area contributed by atoms with E-state index in [9.17, 15) is 23.6 Å². The third-order valence-corrected chi connectivity index (χ3v) is 4.29. The van der Waals surface area contributed by atoms with Gasteiger partial charge >= 0.3 is 5.97 Å². The van der Waals surface area contributed by atoms with Gasteiger partial charge < -0.3 is 20.6 Å². The molecule has 27 heavy (non-hydrogen) atoms. The summed E-state index contributed by atoms with van der Waals surface area (Å²) in [4.78, 5) is 48.9. The second-order valence-corrected chi connectivity index (χ2v) is 6.72. The summed E-state index contributed by atoms with van der Waals surface area (Å²) in [7, 11) is 0. The SMILES string of the molecule is CC(C)[C@H](NC(=O)[C@H]1CC(=O)N(c2ccc(F)cc2)C1)C(=O)NCC(=O)O. The average Bonchev–Trinajstić information content (AvgIpc) is 2.99. The Labute approximate surface area is 155 Å². The van der Waals surface area contributed by atoms with E-state index < -0.39 is 42.1 Å². The Morgan fingerprint density at radius 3 is 2.44 bits per heavy atom. The molecule has 0 bridgehead atoms. The van der Waals surface area contributed by atoms with Gasteiger partial charge in [0.1, 0.15) is 18.4 Å². The molecule has 1 aliphatic heterocycles. The zero-order chi connectivity index (χ0) is 20.1. The van der Waals surface area contributed by atoms with E-state index in [0.717, 1.165) is 0 Å². The van der Waals surface area contributed by atoms with E-state index in [0.29, 0.717) is 5.69 Å². The largest absolute Gasteiger partial charge is 0.480 e. The highest BCUT2D eigenvalue weighted by Crippen LogP contribution is 2.25. The van der Waals surface area contributed by atoms with Crippen molar-refractivity contribution >= 4 is 29.4 Å². The maximum absolute atomic E-state index is 13.0. The van der Waals surface area contributed by atoms with Gasteiger partial charge in [0.2, 0.25) is 17.7 Å².